The molecule has 0 fully saturated rings. The van der Waals surface area contributed by atoms with E-state index < -0.39 is 0 Å². The van der Waals surface area contributed by atoms with E-state index in [9.17, 15) is 0 Å². The summed E-state index contributed by atoms with van der Waals surface area (Å²) in [7, 11) is 0. The van der Waals surface area contributed by atoms with Crippen LogP contribution in [0.3, 0.4) is 0 Å². The minimum absolute atomic E-state index is 0.769. The Morgan fingerprint density at radius 2 is 0.211 bits per heavy atom. The second kappa shape index (κ2) is 27.9. The first kappa shape index (κ1) is 57.0. The number of rotatable bonds is 18. The third-order valence-corrected chi connectivity index (χ3v) is 15.2. The van der Waals surface area contributed by atoms with Crippen molar-refractivity contribution in [3.8, 4) is 0 Å². The molecule has 0 aliphatic heterocycles. The molecule has 0 atom stereocenters. The van der Waals surface area contributed by atoms with Crippen LogP contribution in [-0.2, 0) is 0 Å². The van der Waals surface area contributed by atoms with Crippen molar-refractivity contribution in [3.05, 3.63) is 431 Å². The van der Waals surface area contributed by atoms with Gasteiger partial charge in [0.2, 0.25) is 0 Å². The maximum Gasteiger partial charge on any atom is 0.0781 e. The van der Waals surface area contributed by atoms with Gasteiger partial charge in [-0.1, -0.05) is 291 Å². The van der Waals surface area contributed by atoms with E-state index in [0.29, 0.717) is 0 Å². The van der Waals surface area contributed by atoms with Gasteiger partial charge in [0.05, 0.1) is 68.4 Å². The Labute approximate surface area is 526 Å². The van der Waals surface area contributed by atoms with Crippen molar-refractivity contribution in [1.82, 2.24) is 0 Å². The van der Waals surface area contributed by atoms with Gasteiger partial charge in [0.1, 0.15) is 0 Å². The fraction of sp³-hybridized carbons (Fsp3) is 0. The Morgan fingerprint density at radius 1 is 0.111 bits per heavy atom. The average molecular weight is 1150 g/mol. The van der Waals surface area contributed by atoms with Crippen molar-refractivity contribution in [3.63, 3.8) is 0 Å². The molecule has 13 aromatic carbocycles. The molecule has 0 aromatic heterocycles. The zero-order chi connectivity index (χ0) is 60.5. The molecule has 426 valence electrons. The van der Waals surface area contributed by atoms with Gasteiger partial charge in [-0.25, -0.2) is 30.0 Å². The highest BCUT2D eigenvalue weighted by atomic mass is 14.8. The van der Waals surface area contributed by atoms with E-state index in [1.807, 2.05) is 170 Å². The SMILES string of the molecule is c1ccc(C(=Nc2ccc(C(=Nc3ccc(N=C(c4ccc(N=C(c5ccccc5)c5ccccc5)cc4)c4ccc(N=C(c5ccccc5)c5ccccc5)cc4)cc3)c3ccc(N=C(c4ccccc4)c4ccccc4)cc3)cc2)c2ccccc2)cc1. The van der Waals surface area contributed by atoms with Crippen LogP contribution >= 0.6 is 0 Å². The minimum atomic E-state index is 0.769. The van der Waals surface area contributed by atoms with Crippen LogP contribution in [0.5, 0.6) is 0 Å². The molecule has 0 aliphatic rings. The summed E-state index contributed by atoms with van der Waals surface area (Å²) in [6, 6.07) is 124. The first-order valence-corrected chi connectivity index (χ1v) is 30.1. The lowest BCUT2D eigenvalue weighted by molar-refractivity contribution is 1.42. The zero-order valence-corrected chi connectivity index (χ0v) is 49.3. The van der Waals surface area contributed by atoms with Crippen molar-refractivity contribution in [2.45, 2.75) is 0 Å². The van der Waals surface area contributed by atoms with E-state index >= 15 is 0 Å². The van der Waals surface area contributed by atoms with Gasteiger partial charge in [0.15, 0.2) is 0 Å². The second-order valence-electron chi connectivity index (χ2n) is 21.4. The Kier molecular flexibility index (Phi) is 17.7. The first-order chi connectivity index (χ1) is 44.6. The van der Waals surface area contributed by atoms with Crippen LogP contribution in [0.1, 0.15) is 66.8 Å². The molecular weight excluding hydrogens is 1090 g/mol. The van der Waals surface area contributed by atoms with Gasteiger partial charge in [-0.3, -0.25) is 0 Å². The highest BCUT2D eigenvalue weighted by Crippen LogP contribution is 2.30. The van der Waals surface area contributed by atoms with Crippen molar-refractivity contribution in [1.29, 1.82) is 0 Å². The van der Waals surface area contributed by atoms with Crippen LogP contribution in [0.15, 0.2) is 394 Å². The lowest BCUT2D eigenvalue weighted by Crippen LogP contribution is -2.04. The number of benzene rings is 13. The van der Waals surface area contributed by atoms with E-state index in [1.165, 1.54) is 0 Å². The summed E-state index contributed by atoms with van der Waals surface area (Å²) in [4.78, 5) is 31.8. The Bertz CT molecular complexity index is 3920. The Balaban J connectivity index is 0.878. The number of hydrogen-bond donors (Lipinski definition) is 0. The predicted molar refractivity (Wildman–Crippen MR) is 376 cm³/mol. The molecule has 0 unspecified atom stereocenters. The van der Waals surface area contributed by atoms with E-state index in [1.54, 1.807) is 0 Å². The third-order valence-electron chi connectivity index (χ3n) is 15.2. The summed E-state index contributed by atoms with van der Waals surface area (Å²) < 4.78 is 0. The summed E-state index contributed by atoms with van der Waals surface area (Å²) in [5, 5.41) is 0. The maximum absolute atomic E-state index is 5.43. The molecule has 0 saturated heterocycles. The largest absolute Gasteiger partial charge is 0.248 e. The van der Waals surface area contributed by atoms with Crippen LogP contribution in [0.4, 0.5) is 34.1 Å². The smallest absolute Gasteiger partial charge is 0.0781 e. The summed E-state index contributed by atoms with van der Waals surface area (Å²) >= 11 is 0. The lowest BCUT2D eigenvalue weighted by atomic mass is 10.00. The molecule has 6 heteroatoms. The summed E-state index contributed by atoms with van der Waals surface area (Å²) in [5.74, 6) is 0. The van der Waals surface area contributed by atoms with E-state index in [4.69, 9.17) is 30.0 Å². The normalized spacial score (nSPS) is 10.7. The molecule has 6 nitrogen and oxygen atoms in total. The first-order valence-electron chi connectivity index (χ1n) is 30.1. The van der Waals surface area contributed by atoms with Gasteiger partial charge in [0, 0.05) is 66.8 Å². The molecule has 13 rings (SSSR count). The maximum atomic E-state index is 5.43. The van der Waals surface area contributed by atoms with Gasteiger partial charge in [-0.05, 0) is 72.8 Å². The van der Waals surface area contributed by atoms with Crippen LogP contribution in [0.2, 0.25) is 0 Å². The molecule has 0 N–H and O–H groups in total. The van der Waals surface area contributed by atoms with Gasteiger partial charge < -0.3 is 0 Å². The lowest BCUT2D eigenvalue weighted by Gasteiger charge is -2.12. The molecule has 0 spiro atoms. The van der Waals surface area contributed by atoms with Crippen molar-refractivity contribution < 1.29 is 0 Å². The number of aliphatic imine (C=N–C) groups is 6. The Morgan fingerprint density at radius 3 is 0.333 bits per heavy atom. The molecule has 0 saturated carbocycles. The summed E-state index contributed by atoms with van der Waals surface area (Å²) in [5.41, 5.74) is 22.1. The van der Waals surface area contributed by atoms with Crippen LogP contribution in [0, 0.1) is 0 Å². The quantitative estimate of drug-likeness (QED) is 0.0768. The highest BCUT2D eigenvalue weighted by Gasteiger charge is 2.16. The van der Waals surface area contributed by atoms with Gasteiger partial charge in [-0.15, -0.1) is 0 Å². The zero-order valence-electron chi connectivity index (χ0n) is 49.3. The van der Waals surface area contributed by atoms with Crippen LogP contribution in [0.25, 0.3) is 0 Å². The summed E-state index contributed by atoms with van der Waals surface area (Å²) in [6.07, 6.45) is 0. The molecule has 90 heavy (non-hydrogen) atoms. The molecular formula is C84H60N6. The second-order valence-corrected chi connectivity index (χ2v) is 21.4. The van der Waals surface area contributed by atoms with Gasteiger partial charge >= 0.3 is 0 Å². The number of hydrogen-bond acceptors (Lipinski definition) is 6. The third kappa shape index (κ3) is 14.1. The van der Waals surface area contributed by atoms with Crippen LogP contribution in [-0.4, -0.2) is 34.3 Å². The van der Waals surface area contributed by atoms with E-state index in [0.717, 1.165) is 135 Å². The highest BCUT2D eigenvalue weighted by molar-refractivity contribution is 6.18. The number of nitrogens with zero attached hydrogens (tertiary/aromatic N) is 6. The van der Waals surface area contributed by atoms with Crippen molar-refractivity contribution >= 4 is 68.4 Å². The van der Waals surface area contributed by atoms with Crippen molar-refractivity contribution in [2.75, 3.05) is 0 Å². The standard InChI is InChI=1S/C84H60N6/c1-9-25-61(26-10-1)79(62-27-11-2-12-28-62)85-73-49-41-69(42-50-73)83(70-43-51-74(52-44-70)86-80(63-29-13-3-14-30-63)64-31-15-4-16-32-64)89-77-57-59-78(60-58-77)90-84(71-45-53-75(54-46-71)87-81(65-33-17-5-18-34-65)66-35-19-6-20-36-66)72-47-55-76(56-48-72)88-82(67-37-21-7-22-38-67)68-39-23-8-24-40-68/h1-60H. The van der Waals surface area contributed by atoms with Gasteiger partial charge in [-0.2, -0.15) is 0 Å². The summed E-state index contributed by atoms with van der Waals surface area (Å²) in [6.45, 7) is 0. The minimum Gasteiger partial charge on any atom is -0.248 e. The predicted octanol–water partition coefficient (Wildman–Crippen LogP) is 20.7. The molecule has 0 radical (unpaired) electrons. The topological polar surface area (TPSA) is 74.2 Å². The van der Waals surface area contributed by atoms with Crippen LogP contribution < -0.4 is 0 Å². The average Bonchev–Trinajstić information content (AvgIpc) is 2.91. The molecule has 0 aliphatic carbocycles. The molecule has 0 bridgehead atoms. The van der Waals surface area contributed by atoms with E-state index in [2.05, 4.69) is 194 Å². The Hall–Kier alpha value is -12.1. The fourth-order valence-electron chi connectivity index (χ4n) is 10.7. The molecule has 0 amide bonds. The monoisotopic (exact) mass is 1150 g/mol. The fourth-order valence-corrected chi connectivity index (χ4v) is 10.7. The molecule has 0 heterocycles. The van der Waals surface area contributed by atoms with E-state index in [-0.39, 0.29) is 0 Å². The van der Waals surface area contributed by atoms with Gasteiger partial charge in [0.25, 0.3) is 0 Å². The van der Waals surface area contributed by atoms with Crippen molar-refractivity contribution in [2.24, 2.45) is 30.0 Å². The molecule has 13 aromatic rings.